The predicted octanol–water partition coefficient (Wildman–Crippen LogP) is -0.736. The summed E-state index contributed by atoms with van der Waals surface area (Å²) in [6.45, 7) is -3.70. The average Bonchev–Trinajstić information content (AvgIpc) is 2.53. The van der Waals surface area contributed by atoms with Crippen LogP contribution in [0.3, 0.4) is 0 Å². The lowest BCUT2D eigenvalue weighted by Crippen LogP contribution is -2.47. The lowest BCUT2D eigenvalue weighted by molar-refractivity contribution is -0.162. The highest BCUT2D eigenvalue weighted by molar-refractivity contribution is 6.04. The molecule has 0 aromatic carbocycles. The van der Waals surface area contributed by atoms with Gasteiger partial charge in [-0.3, -0.25) is 14.5 Å². The van der Waals surface area contributed by atoms with Gasteiger partial charge in [0, 0.05) is 13.6 Å². The van der Waals surface area contributed by atoms with Crippen molar-refractivity contribution in [2.24, 2.45) is 0 Å². The molecule has 1 aliphatic heterocycles. The number of carbonyl (C=O) groups excluding carboxylic acids is 3. The normalized spacial score (nSPS) is 16.1. The van der Waals surface area contributed by atoms with Crippen LogP contribution in [-0.4, -0.2) is 83.7 Å². The van der Waals surface area contributed by atoms with Crippen LogP contribution in [0.2, 0.25) is 0 Å². The SMILES string of the molecule is CN1CC(=O)N(CC(=O)N(CCO)CC(F)(F)F)C1=O. The summed E-state index contributed by atoms with van der Waals surface area (Å²) in [4.78, 5) is 36.6. The van der Waals surface area contributed by atoms with Crippen molar-refractivity contribution in [3.63, 3.8) is 0 Å². The van der Waals surface area contributed by atoms with E-state index in [1.54, 1.807) is 0 Å². The fourth-order valence-corrected chi connectivity index (χ4v) is 1.69. The summed E-state index contributed by atoms with van der Waals surface area (Å²) in [6, 6.07) is -0.737. The smallest absolute Gasteiger partial charge is 0.395 e. The molecule has 4 amide bonds. The van der Waals surface area contributed by atoms with Crippen LogP contribution in [0.15, 0.2) is 0 Å². The second kappa shape index (κ2) is 6.07. The molecule has 0 aromatic rings. The van der Waals surface area contributed by atoms with Gasteiger partial charge in [0.15, 0.2) is 0 Å². The summed E-state index contributed by atoms with van der Waals surface area (Å²) in [6.07, 6.45) is -4.62. The molecule has 1 N–H and O–H groups in total. The fourth-order valence-electron chi connectivity index (χ4n) is 1.69. The molecular weight excluding hydrogens is 283 g/mol. The van der Waals surface area contributed by atoms with Crippen molar-refractivity contribution in [3.05, 3.63) is 0 Å². The first-order chi connectivity index (χ1) is 9.15. The van der Waals surface area contributed by atoms with E-state index >= 15 is 0 Å². The van der Waals surface area contributed by atoms with E-state index in [-0.39, 0.29) is 6.54 Å². The molecule has 1 fully saturated rings. The molecule has 1 saturated heterocycles. The number of hydrogen-bond acceptors (Lipinski definition) is 4. The first-order valence-corrected chi connectivity index (χ1v) is 5.66. The van der Waals surface area contributed by atoms with Crippen LogP contribution >= 0.6 is 0 Å². The molecular formula is C10H14F3N3O4. The van der Waals surface area contributed by atoms with Crippen LogP contribution in [0.1, 0.15) is 0 Å². The van der Waals surface area contributed by atoms with E-state index in [0.29, 0.717) is 9.80 Å². The number of likely N-dealkylation sites (N-methyl/N-ethyl adjacent to an activating group) is 1. The van der Waals surface area contributed by atoms with Crippen molar-refractivity contribution >= 4 is 17.8 Å². The standard InChI is InChI=1S/C10H14F3N3O4/c1-14-4-8(19)16(9(14)20)5-7(18)15(2-3-17)6-10(11,12)13/h17H,2-6H2,1H3. The van der Waals surface area contributed by atoms with Gasteiger partial charge in [0.1, 0.15) is 19.6 Å². The largest absolute Gasteiger partial charge is 0.406 e. The van der Waals surface area contributed by atoms with E-state index in [4.69, 9.17) is 5.11 Å². The summed E-state index contributed by atoms with van der Waals surface area (Å²) in [5.74, 6) is -1.70. The van der Waals surface area contributed by atoms with E-state index in [2.05, 4.69) is 0 Å². The third-order valence-electron chi connectivity index (χ3n) is 2.62. The van der Waals surface area contributed by atoms with Gasteiger partial charge in [-0.25, -0.2) is 4.79 Å². The highest BCUT2D eigenvalue weighted by Gasteiger charge is 2.38. The summed E-state index contributed by atoms with van der Waals surface area (Å²) < 4.78 is 36.9. The highest BCUT2D eigenvalue weighted by Crippen LogP contribution is 2.17. The number of nitrogens with zero attached hydrogens (tertiary/aromatic N) is 3. The van der Waals surface area contributed by atoms with Crippen LogP contribution in [0, 0.1) is 0 Å². The van der Waals surface area contributed by atoms with Crippen molar-refractivity contribution in [3.8, 4) is 0 Å². The maximum atomic E-state index is 12.3. The Bertz CT molecular complexity index is 413. The van der Waals surface area contributed by atoms with Gasteiger partial charge >= 0.3 is 12.2 Å². The first-order valence-electron chi connectivity index (χ1n) is 5.66. The number of urea groups is 1. The predicted molar refractivity (Wildman–Crippen MR) is 59.5 cm³/mol. The Morgan fingerprint density at radius 1 is 1.40 bits per heavy atom. The van der Waals surface area contributed by atoms with Gasteiger partial charge in [-0.15, -0.1) is 0 Å². The zero-order chi connectivity index (χ0) is 15.5. The maximum Gasteiger partial charge on any atom is 0.406 e. The van der Waals surface area contributed by atoms with Gasteiger partial charge < -0.3 is 14.9 Å². The molecule has 0 aromatic heterocycles. The van der Waals surface area contributed by atoms with Crippen LogP contribution in [-0.2, 0) is 9.59 Å². The number of imide groups is 1. The second-order valence-corrected chi connectivity index (χ2v) is 4.27. The summed E-state index contributed by atoms with van der Waals surface area (Å²) >= 11 is 0. The summed E-state index contributed by atoms with van der Waals surface area (Å²) in [5.41, 5.74) is 0. The number of carbonyl (C=O) groups is 3. The Morgan fingerprint density at radius 3 is 2.40 bits per heavy atom. The minimum Gasteiger partial charge on any atom is -0.395 e. The molecule has 0 saturated carbocycles. The second-order valence-electron chi connectivity index (χ2n) is 4.27. The Balaban J connectivity index is 2.71. The molecule has 0 bridgehead atoms. The van der Waals surface area contributed by atoms with Gasteiger partial charge in [0.2, 0.25) is 5.91 Å². The molecule has 20 heavy (non-hydrogen) atoms. The quantitative estimate of drug-likeness (QED) is 0.678. The highest BCUT2D eigenvalue weighted by atomic mass is 19.4. The number of aliphatic hydroxyl groups excluding tert-OH is 1. The zero-order valence-corrected chi connectivity index (χ0v) is 10.7. The number of halogens is 3. The lowest BCUT2D eigenvalue weighted by Gasteiger charge is -2.24. The van der Waals surface area contributed by atoms with Crippen molar-refractivity contribution in [1.82, 2.24) is 14.7 Å². The van der Waals surface area contributed by atoms with Crippen LogP contribution in [0.25, 0.3) is 0 Å². The molecule has 0 unspecified atom stereocenters. The molecule has 10 heteroatoms. The minimum atomic E-state index is -4.62. The van der Waals surface area contributed by atoms with Crippen LogP contribution in [0.4, 0.5) is 18.0 Å². The van der Waals surface area contributed by atoms with Crippen LogP contribution < -0.4 is 0 Å². The zero-order valence-electron chi connectivity index (χ0n) is 10.7. The van der Waals surface area contributed by atoms with E-state index in [9.17, 15) is 27.6 Å². The number of aliphatic hydroxyl groups is 1. The molecule has 7 nitrogen and oxygen atoms in total. The Labute approximate surface area is 112 Å². The van der Waals surface area contributed by atoms with E-state index in [1.165, 1.54) is 7.05 Å². The molecule has 1 heterocycles. The van der Waals surface area contributed by atoms with Crippen molar-refractivity contribution in [2.75, 3.05) is 39.8 Å². The van der Waals surface area contributed by atoms with E-state index in [1.807, 2.05) is 0 Å². The molecule has 1 aliphatic rings. The van der Waals surface area contributed by atoms with Gasteiger partial charge in [-0.1, -0.05) is 0 Å². The first kappa shape index (κ1) is 16.2. The Hall–Kier alpha value is -1.84. The van der Waals surface area contributed by atoms with Crippen molar-refractivity contribution in [1.29, 1.82) is 0 Å². The lowest BCUT2D eigenvalue weighted by atomic mass is 10.4. The summed E-state index contributed by atoms with van der Waals surface area (Å²) in [7, 11) is 1.34. The number of rotatable bonds is 5. The van der Waals surface area contributed by atoms with Gasteiger partial charge in [-0.2, -0.15) is 13.2 Å². The topological polar surface area (TPSA) is 81.2 Å². The minimum absolute atomic E-state index is 0.217. The molecule has 0 radical (unpaired) electrons. The fraction of sp³-hybridized carbons (Fsp3) is 0.700. The van der Waals surface area contributed by atoms with Crippen molar-refractivity contribution in [2.45, 2.75) is 6.18 Å². The Morgan fingerprint density at radius 2 is 2.00 bits per heavy atom. The third-order valence-corrected chi connectivity index (χ3v) is 2.62. The number of amides is 4. The molecule has 0 atom stereocenters. The molecule has 114 valence electrons. The molecule has 1 rings (SSSR count). The molecule has 0 spiro atoms. The molecule has 0 aliphatic carbocycles. The summed E-state index contributed by atoms with van der Waals surface area (Å²) in [5, 5.41) is 8.67. The number of hydrogen-bond donors (Lipinski definition) is 1. The van der Waals surface area contributed by atoms with Crippen LogP contribution in [0.5, 0.6) is 0 Å². The van der Waals surface area contributed by atoms with E-state index in [0.717, 1.165) is 4.90 Å². The van der Waals surface area contributed by atoms with Gasteiger partial charge in [0.05, 0.1) is 6.61 Å². The third kappa shape index (κ3) is 4.08. The average molecular weight is 297 g/mol. The Kier molecular flexibility index (Phi) is 4.93. The maximum absolute atomic E-state index is 12.3. The van der Waals surface area contributed by atoms with E-state index < -0.39 is 50.3 Å². The van der Waals surface area contributed by atoms with Gasteiger partial charge in [0.25, 0.3) is 5.91 Å². The van der Waals surface area contributed by atoms with Crippen molar-refractivity contribution < 1.29 is 32.7 Å². The monoisotopic (exact) mass is 297 g/mol. The van der Waals surface area contributed by atoms with Gasteiger partial charge in [-0.05, 0) is 0 Å². The number of alkyl halides is 3.